The molecule has 5 heteroatoms. The van der Waals surface area contributed by atoms with Crippen molar-refractivity contribution in [3.63, 3.8) is 0 Å². The normalized spacial score (nSPS) is 22.4. The van der Waals surface area contributed by atoms with E-state index in [1.165, 1.54) is 18.6 Å². The molecule has 0 bridgehead atoms. The molecule has 1 saturated carbocycles. The van der Waals surface area contributed by atoms with Crippen LogP contribution in [0.2, 0.25) is 0 Å². The summed E-state index contributed by atoms with van der Waals surface area (Å²) in [6.45, 7) is 4.45. The standard InChI is InChI=1S/C13H19N3O2/c1-13(2)7-3-4-9(8-13)14-12(18)10-5-6-11(17)16-15-10/h5-6,9H,3-4,7-8H2,1-2H3,(H,14,18)(H,16,17). The summed E-state index contributed by atoms with van der Waals surface area (Å²) in [5, 5.41) is 8.99. The van der Waals surface area contributed by atoms with Crippen molar-refractivity contribution in [3.05, 3.63) is 28.2 Å². The molecule has 2 rings (SSSR count). The SMILES string of the molecule is CC1(C)CCCC(NC(=O)c2ccc(=O)[nH]n2)C1. The zero-order chi connectivity index (χ0) is 13.2. The minimum atomic E-state index is -0.301. The summed E-state index contributed by atoms with van der Waals surface area (Å²) in [5.41, 5.74) is 0.248. The second kappa shape index (κ2) is 4.92. The van der Waals surface area contributed by atoms with E-state index in [-0.39, 0.29) is 28.6 Å². The Morgan fingerprint density at radius 1 is 1.50 bits per heavy atom. The molecular formula is C13H19N3O2. The highest BCUT2D eigenvalue weighted by atomic mass is 16.2. The highest BCUT2D eigenvalue weighted by Crippen LogP contribution is 2.35. The molecular weight excluding hydrogens is 230 g/mol. The van der Waals surface area contributed by atoms with Gasteiger partial charge in [0.2, 0.25) is 0 Å². The summed E-state index contributed by atoms with van der Waals surface area (Å²) in [5.74, 6) is -0.214. The lowest BCUT2D eigenvalue weighted by atomic mass is 9.75. The van der Waals surface area contributed by atoms with E-state index in [0.29, 0.717) is 0 Å². The highest BCUT2D eigenvalue weighted by Gasteiger charge is 2.29. The van der Waals surface area contributed by atoms with Crippen molar-refractivity contribution in [1.82, 2.24) is 15.5 Å². The summed E-state index contributed by atoms with van der Waals surface area (Å²) in [6, 6.07) is 2.96. The number of rotatable bonds is 2. The van der Waals surface area contributed by atoms with Crippen molar-refractivity contribution in [2.45, 2.75) is 45.6 Å². The summed E-state index contributed by atoms with van der Waals surface area (Å²) in [6.07, 6.45) is 4.34. The van der Waals surface area contributed by atoms with Crippen LogP contribution in [0.15, 0.2) is 16.9 Å². The maximum atomic E-state index is 11.9. The molecule has 1 aromatic heterocycles. The third-order valence-electron chi connectivity index (χ3n) is 3.45. The minimum Gasteiger partial charge on any atom is -0.348 e. The third-order valence-corrected chi connectivity index (χ3v) is 3.45. The van der Waals surface area contributed by atoms with Crippen LogP contribution in [0.4, 0.5) is 0 Å². The van der Waals surface area contributed by atoms with Crippen LogP contribution in [0.25, 0.3) is 0 Å². The summed E-state index contributed by atoms with van der Waals surface area (Å²) in [4.78, 5) is 22.8. The van der Waals surface area contributed by atoms with Gasteiger partial charge in [-0.25, -0.2) is 5.10 Å². The van der Waals surface area contributed by atoms with Gasteiger partial charge in [-0.2, -0.15) is 5.10 Å². The lowest BCUT2D eigenvalue weighted by molar-refractivity contribution is 0.0896. The van der Waals surface area contributed by atoms with Crippen LogP contribution in [0.5, 0.6) is 0 Å². The molecule has 1 aliphatic rings. The van der Waals surface area contributed by atoms with Gasteiger partial charge in [0.25, 0.3) is 11.5 Å². The molecule has 1 amide bonds. The van der Waals surface area contributed by atoms with E-state index >= 15 is 0 Å². The number of hydrogen-bond donors (Lipinski definition) is 2. The Balaban J connectivity index is 1.99. The first kappa shape index (κ1) is 12.8. The molecule has 1 unspecified atom stereocenters. The predicted octanol–water partition coefficient (Wildman–Crippen LogP) is 1.47. The van der Waals surface area contributed by atoms with E-state index < -0.39 is 0 Å². The van der Waals surface area contributed by atoms with Gasteiger partial charge in [0.05, 0.1) is 0 Å². The van der Waals surface area contributed by atoms with Crippen LogP contribution in [0.3, 0.4) is 0 Å². The maximum absolute atomic E-state index is 11.9. The van der Waals surface area contributed by atoms with E-state index in [1.807, 2.05) is 0 Å². The number of aromatic nitrogens is 2. The number of amides is 1. The summed E-state index contributed by atoms with van der Waals surface area (Å²) < 4.78 is 0. The second-order valence-corrected chi connectivity index (χ2v) is 5.74. The fraction of sp³-hybridized carbons (Fsp3) is 0.615. The molecule has 2 N–H and O–H groups in total. The van der Waals surface area contributed by atoms with Gasteiger partial charge in [0.1, 0.15) is 5.69 Å². The number of nitrogens with zero attached hydrogens (tertiary/aromatic N) is 1. The second-order valence-electron chi connectivity index (χ2n) is 5.74. The minimum absolute atomic E-state index is 0.204. The Bertz CT molecular complexity index is 473. The number of carbonyl (C=O) groups is 1. The number of H-pyrrole nitrogens is 1. The average molecular weight is 249 g/mol. The molecule has 1 aliphatic carbocycles. The van der Waals surface area contributed by atoms with Gasteiger partial charge in [-0.1, -0.05) is 20.3 Å². The van der Waals surface area contributed by atoms with Gasteiger partial charge in [0, 0.05) is 12.1 Å². The van der Waals surface area contributed by atoms with E-state index in [2.05, 4.69) is 29.4 Å². The Kier molecular flexibility index (Phi) is 3.50. The molecule has 1 heterocycles. The first-order chi connectivity index (χ1) is 8.46. The summed E-state index contributed by atoms with van der Waals surface area (Å²) in [7, 11) is 0. The quantitative estimate of drug-likeness (QED) is 0.833. The largest absolute Gasteiger partial charge is 0.348 e. The summed E-state index contributed by atoms with van der Waals surface area (Å²) >= 11 is 0. The number of aromatic amines is 1. The van der Waals surface area contributed by atoms with Crippen molar-refractivity contribution in [1.29, 1.82) is 0 Å². The molecule has 5 nitrogen and oxygen atoms in total. The van der Waals surface area contributed by atoms with Gasteiger partial charge in [-0.3, -0.25) is 9.59 Å². The Morgan fingerprint density at radius 2 is 2.28 bits per heavy atom. The molecule has 0 aromatic carbocycles. The van der Waals surface area contributed by atoms with Crippen molar-refractivity contribution >= 4 is 5.91 Å². The smallest absolute Gasteiger partial charge is 0.271 e. The number of nitrogens with one attached hydrogen (secondary N) is 2. The average Bonchev–Trinajstić information content (AvgIpc) is 2.28. The molecule has 98 valence electrons. The first-order valence-corrected chi connectivity index (χ1v) is 6.33. The Hall–Kier alpha value is -1.65. The third kappa shape index (κ3) is 3.18. The topological polar surface area (TPSA) is 74.8 Å². The number of hydrogen-bond acceptors (Lipinski definition) is 3. The molecule has 0 aliphatic heterocycles. The van der Waals surface area contributed by atoms with Crippen LogP contribution in [0, 0.1) is 5.41 Å². The van der Waals surface area contributed by atoms with Gasteiger partial charge >= 0.3 is 0 Å². The predicted molar refractivity (Wildman–Crippen MR) is 68.4 cm³/mol. The zero-order valence-corrected chi connectivity index (χ0v) is 10.8. The van der Waals surface area contributed by atoms with Crippen LogP contribution >= 0.6 is 0 Å². The lowest BCUT2D eigenvalue weighted by Crippen LogP contribution is -2.41. The van der Waals surface area contributed by atoms with Gasteiger partial charge < -0.3 is 5.32 Å². The van der Waals surface area contributed by atoms with E-state index in [9.17, 15) is 9.59 Å². The first-order valence-electron chi connectivity index (χ1n) is 6.33. The molecule has 0 spiro atoms. The highest BCUT2D eigenvalue weighted by molar-refractivity contribution is 5.92. The molecule has 1 aromatic rings. The van der Waals surface area contributed by atoms with Crippen LogP contribution in [-0.2, 0) is 0 Å². The molecule has 1 fully saturated rings. The van der Waals surface area contributed by atoms with Gasteiger partial charge in [-0.15, -0.1) is 0 Å². The van der Waals surface area contributed by atoms with Crippen molar-refractivity contribution < 1.29 is 4.79 Å². The van der Waals surface area contributed by atoms with Crippen molar-refractivity contribution in [3.8, 4) is 0 Å². The van der Waals surface area contributed by atoms with E-state index in [0.717, 1.165) is 19.3 Å². The lowest BCUT2D eigenvalue weighted by Gasteiger charge is -2.35. The van der Waals surface area contributed by atoms with Crippen LogP contribution in [0.1, 0.15) is 50.0 Å². The molecule has 18 heavy (non-hydrogen) atoms. The fourth-order valence-electron chi connectivity index (χ4n) is 2.55. The van der Waals surface area contributed by atoms with Gasteiger partial charge in [-0.05, 0) is 30.7 Å². The molecule has 1 atom stereocenters. The van der Waals surface area contributed by atoms with Gasteiger partial charge in [0.15, 0.2) is 0 Å². The maximum Gasteiger partial charge on any atom is 0.271 e. The number of carbonyl (C=O) groups excluding carboxylic acids is 1. The van der Waals surface area contributed by atoms with Crippen molar-refractivity contribution in [2.75, 3.05) is 0 Å². The molecule has 0 radical (unpaired) electrons. The van der Waals surface area contributed by atoms with Crippen LogP contribution < -0.4 is 10.9 Å². The molecule has 0 saturated heterocycles. The monoisotopic (exact) mass is 249 g/mol. The van der Waals surface area contributed by atoms with Crippen molar-refractivity contribution in [2.24, 2.45) is 5.41 Å². The Labute approximate surface area is 106 Å². The zero-order valence-electron chi connectivity index (χ0n) is 10.8. The van der Waals surface area contributed by atoms with E-state index in [1.54, 1.807) is 0 Å². The van der Waals surface area contributed by atoms with E-state index in [4.69, 9.17) is 0 Å². The fourth-order valence-corrected chi connectivity index (χ4v) is 2.55. The Morgan fingerprint density at radius 3 is 2.89 bits per heavy atom. The van der Waals surface area contributed by atoms with Crippen LogP contribution in [-0.4, -0.2) is 22.1 Å².